The number of hydrogen-bond acceptors (Lipinski definition) is 4. The summed E-state index contributed by atoms with van der Waals surface area (Å²) in [5.74, 6) is 0.624. The molecule has 0 aliphatic heterocycles. The lowest BCUT2D eigenvalue weighted by atomic mass is 10.1. The molecular weight excluding hydrogens is 354 g/mol. The van der Waals surface area contributed by atoms with Crippen molar-refractivity contribution in [1.82, 2.24) is 15.1 Å². The Bertz CT molecular complexity index is 889. The zero-order valence-electron chi connectivity index (χ0n) is 16.2. The van der Waals surface area contributed by atoms with Crippen molar-refractivity contribution in [2.75, 3.05) is 27.4 Å². The zero-order valence-corrected chi connectivity index (χ0v) is 16.2. The third kappa shape index (κ3) is 4.98. The Labute approximate surface area is 165 Å². The summed E-state index contributed by atoms with van der Waals surface area (Å²) >= 11 is 0. The number of rotatable bonds is 9. The fourth-order valence-electron chi connectivity index (χ4n) is 2.91. The van der Waals surface area contributed by atoms with Gasteiger partial charge in [-0.3, -0.25) is 9.48 Å². The quantitative estimate of drug-likeness (QED) is 0.579. The van der Waals surface area contributed by atoms with Gasteiger partial charge in [-0.2, -0.15) is 5.10 Å². The van der Waals surface area contributed by atoms with E-state index in [2.05, 4.69) is 10.4 Å². The van der Waals surface area contributed by atoms with Gasteiger partial charge in [0.2, 0.25) is 0 Å². The predicted octanol–water partition coefficient (Wildman–Crippen LogP) is 3.37. The molecule has 2 aromatic carbocycles. The van der Waals surface area contributed by atoms with Crippen LogP contribution in [0.3, 0.4) is 0 Å². The number of aromatic nitrogens is 2. The number of carbonyl (C=O) groups excluding carboxylic acids is 1. The number of benzene rings is 2. The van der Waals surface area contributed by atoms with Crippen LogP contribution in [0.15, 0.2) is 60.8 Å². The first kappa shape index (κ1) is 19.6. The van der Waals surface area contributed by atoms with Gasteiger partial charge < -0.3 is 14.8 Å². The van der Waals surface area contributed by atoms with E-state index in [-0.39, 0.29) is 5.91 Å². The lowest BCUT2D eigenvalue weighted by molar-refractivity contribution is 0.0949. The van der Waals surface area contributed by atoms with E-state index in [0.717, 1.165) is 23.3 Å². The van der Waals surface area contributed by atoms with Crippen LogP contribution in [0.1, 0.15) is 22.3 Å². The molecule has 0 spiro atoms. The Balaban J connectivity index is 1.87. The number of hydrogen-bond donors (Lipinski definition) is 1. The summed E-state index contributed by atoms with van der Waals surface area (Å²) in [6, 6.07) is 17.6. The smallest absolute Gasteiger partial charge is 0.255 e. The first-order valence-electron chi connectivity index (χ1n) is 9.24. The van der Waals surface area contributed by atoms with Crippen molar-refractivity contribution in [3.8, 4) is 17.0 Å². The van der Waals surface area contributed by atoms with Gasteiger partial charge >= 0.3 is 0 Å². The lowest BCUT2D eigenvalue weighted by Gasteiger charge is -2.06. The first-order valence-corrected chi connectivity index (χ1v) is 9.24. The van der Waals surface area contributed by atoms with E-state index in [1.807, 2.05) is 54.6 Å². The molecule has 1 N–H and O–H groups in total. The van der Waals surface area contributed by atoms with Crippen molar-refractivity contribution < 1.29 is 14.3 Å². The molecule has 0 atom stereocenters. The van der Waals surface area contributed by atoms with E-state index in [9.17, 15) is 4.79 Å². The van der Waals surface area contributed by atoms with Crippen LogP contribution in [0.2, 0.25) is 0 Å². The van der Waals surface area contributed by atoms with Crippen molar-refractivity contribution in [1.29, 1.82) is 0 Å². The molecule has 1 amide bonds. The van der Waals surface area contributed by atoms with Crippen LogP contribution in [-0.2, 0) is 11.3 Å². The number of nitrogens with zero attached hydrogens (tertiary/aromatic N) is 2. The van der Waals surface area contributed by atoms with E-state index in [1.54, 1.807) is 25.1 Å². The number of carbonyl (C=O) groups is 1. The van der Waals surface area contributed by atoms with Gasteiger partial charge in [0.15, 0.2) is 0 Å². The Morgan fingerprint density at radius 3 is 2.50 bits per heavy atom. The first-order chi connectivity index (χ1) is 13.7. The predicted molar refractivity (Wildman–Crippen MR) is 109 cm³/mol. The standard InChI is InChI=1S/C22H25N3O3/c1-27-14-6-13-23-22(26)20-16-25(15-17-7-4-3-5-8-17)24-21(20)18-9-11-19(28-2)12-10-18/h3-5,7-12,16H,6,13-15H2,1-2H3,(H,23,26). The lowest BCUT2D eigenvalue weighted by Crippen LogP contribution is -2.25. The highest BCUT2D eigenvalue weighted by Crippen LogP contribution is 2.25. The molecular formula is C22H25N3O3. The van der Waals surface area contributed by atoms with Gasteiger partial charge in [-0.25, -0.2) is 0 Å². The molecule has 28 heavy (non-hydrogen) atoms. The SMILES string of the molecule is COCCCNC(=O)c1cn(Cc2ccccc2)nc1-c1ccc(OC)cc1. The van der Waals surface area contributed by atoms with E-state index in [1.165, 1.54) is 0 Å². The van der Waals surface area contributed by atoms with Gasteiger partial charge in [0.05, 0.1) is 19.2 Å². The topological polar surface area (TPSA) is 65.4 Å². The van der Waals surface area contributed by atoms with Gasteiger partial charge in [0.1, 0.15) is 11.4 Å². The van der Waals surface area contributed by atoms with Gasteiger partial charge in [-0.1, -0.05) is 30.3 Å². The second kappa shape index (κ2) is 9.71. The Morgan fingerprint density at radius 1 is 1.07 bits per heavy atom. The molecule has 0 unspecified atom stereocenters. The normalized spacial score (nSPS) is 10.6. The van der Waals surface area contributed by atoms with Crippen LogP contribution in [-0.4, -0.2) is 43.1 Å². The summed E-state index contributed by atoms with van der Waals surface area (Å²) in [6.45, 7) is 1.76. The Hall–Kier alpha value is -3.12. The molecule has 3 rings (SSSR count). The maximum absolute atomic E-state index is 12.8. The van der Waals surface area contributed by atoms with Crippen molar-refractivity contribution in [3.05, 3.63) is 71.9 Å². The molecule has 0 saturated heterocycles. The Kier molecular flexibility index (Phi) is 6.81. The zero-order chi connectivity index (χ0) is 19.8. The molecule has 0 aliphatic rings. The molecule has 0 fully saturated rings. The number of methoxy groups -OCH3 is 2. The molecule has 6 heteroatoms. The highest BCUT2D eigenvalue weighted by Gasteiger charge is 2.18. The fraction of sp³-hybridized carbons (Fsp3) is 0.273. The van der Waals surface area contributed by atoms with E-state index < -0.39 is 0 Å². The summed E-state index contributed by atoms with van der Waals surface area (Å²) in [4.78, 5) is 12.8. The molecule has 1 aromatic heterocycles. The van der Waals surface area contributed by atoms with Crippen molar-refractivity contribution in [3.63, 3.8) is 0 Å². The van der Waals surface area contributed by atoms with E-state index in [4.69, 9.17) is 9.47 Å². The van der Waals surface area contributed by atoms with Crippen LogP contribution in [0.25, 0.3) is 11.3 Å². The molecule has 1 heterocycles. The number of ether oxygens (including phenoxy) is 2. The molecule has 0 saturated carbocycles. The van der Waals surface area contributed by atoms with Crippen LogP contribution in [0.5, 0.6) is 5.75 Å². The number of amides is 1. The van der Waals surface area contributed by atoms with Crippen LogP contribution in [0, 0.1) is 0 Å². The summed E-state index contributed by atoms with van der Waals surface area (Å²) in [7, 11) is 3.28. The van der Waals surface area contributed by atoms with Gasteiger partial charge in [0.25, 0.3) is 5.91 Å². The van der Waals surface area contributed by atoms with E-state index >= 15 is 0 Å². The summed E-state index contributed by atoms with van der Waals surface area (Å²) in [6.07, 6.45) is 2.57. The fourth-order valence-corrected chi connectivity index (χ4v) is 2.91. The highest BCUT2D eigenvalue weighted by atomic mass is 16.5. The van der Waals surface area contributed by atoms with Crippen LogP contribution < -0.4 is 10.1 Å². The van der Waals surface area contributed by atoms with Crippen molar-refractivity contribution in [2.45, 2.75) is 13.0 Å². The molecule has 146 valence electrons. The average Bonchev–Trinajstić information content (AvgIpc) is 3.16. The second-order valence-corrected chi connectivity index (χ2v) is 6.41. The molecule has 0 aliphatic carbocycles. The summed E-state index contributed by atoms with van der Waals surface area (Å²) in [5, 5.41) is 7.63. The molecule has 0 radical (unpaired) electrons. The molecule has 6 nitrogen and oxygen atoms in total. The molecule has 0 bridgehead atoms. The van der Waals surface area contributed by atoms with Crippen molar-refractivity contribution >= 4 is 5.91 Å². The maximum atomic E-state index is 12.8. The average molecular weight is 379 g/mol. The minimum atomic E-state index is -0.138. The Morgan fingerprint density at radius 2 is 1.82 bits per heavy atom. The van der Waals surface area contributed by atoms with Gasteiger partial charge in [-0.05, 0) is 36.2 Å². The van der Waals surface area contributed by atoms with Gasteiger partial charge in [-0.15, -0.1) is 0 Å². The minimum Gasteiger partial charge on any atom is -0.497 e. The maximum Gasteiger partial charge on any atom is 0.255 e. The van der Waals surface area contributed by atoms with Gasteiger partial charge in [0, 0.05) is 32.0 Å². The third-order valence-electron chi connectivity index (χ3n) is 4.37. The summed E-state index contributed by atoms with van der Waals surface area (Å²) < 4.78 is 12.1. The largest absolute Gasteiger partial charge is 0.497 e. The van der Waals surface area contributed by atoms with E-state index in [0.29, 0.717) is 31.0 Å². The van der Waals surface area contributed by atoms with Crippen LogP contribution in [0.4, 0.5) is 0 Å². The van der Waals surface area contributed by atoms with Crippen LogP contribution >= 0.6 is 0 Å². The molecule has 3 aromatic rings. The number of nitrogens with one attached hydrogen (secondary N) is 1. The second-order valence-electron chi connectivity index (χ2n) is 6.41. The highest BCUT2D eigenvalue weighted by molar-refractivity contribution is 5.99. The third-order valence-corrected chi connectivity index (χ3v) is 4.37. The minimum absolute atomic E-state index is 0.138. The summed E-state index contributed by atoms with van der Waals surface area (Å²) in [5.41, 5.74) is 3.20. The van der Waals surface area contributed by atoms with Crippen molar-refractivity contribution in [2.24, 2.45) is 0 Å². The monoisotopic (exact) mass is 379 g/mol.